The third-order valence-electron chi connectivity index (χ3n) is 2.71. The monoisotopic (exact) mass is 192 g/mol. The standard InChI is InChI=1S/C12H16O2/c13-9-12-7-6-11(14-12)8-10-4-2-1-3-5-10/h1-5,11-13H,6-9H2/t11-,12-/m1/s1. The van der Waals surface area contributed by atoms with Gasteiger partial charge in [0.1, 0.15) is 0 Å². The zero-order chi connectivity index (χ0) is 9.80. The van der Waals surface area contributed by atoms with Gasteiger partial charge in [0.25, 0.3) is 0 Å². The summed E-state index contributed by atoms with van der Waals surface area (Å²) in [5, 5.41) is 8.92. The van der Waals surface area contributed by atoms with Gasteiger partial charge in [0.2, 0.25) is 0 Å². The molecule has 2 heteroatoms. The molecule has 2 rings (SSSR count). The molecule has 1 heterocycles. The highest BCUT2D eigenvalue weighted by Crippen LogP contribution is 2.22. The summed E-state index contributed by atoms with van der Waals surface area (Å²) >= 11 is 0. The molecule has 1 saturated heterocycles. The van der Waals surface area contributed by atoms with Gasteiger partial charge in [-0.05, 0) is 24.8 Å². The van der Waals surface area contributed by atoms with Gasteiger partial charge in [-0.15, -0.1) is 0 Å². The fourth-order valence-electron chi connectivity index (χ4n) is 1.94. The molecule has 14 heavy (non-hydrogen) atoms. The lowest BCUT2D eigenvalue weighted by molar-refractivity contribution is 0.0123. The van der Waals surface area contributed by atoms with E-state index in [1.165, 1.54) is 5.56 Å². The van der Waals surface area contributed by atoms with Crippen LogP contribution in [0.15, 0.2) is 30.3 Å². The molecule has 0 bridgehead atoms. The summed E-state index contributed by atoms with van der Waals surface area (Å²) in [6, 6.07) is 10.4. The van der Waals surface area contributed by atoms with E-state index in [0.717, 1.165) is 19.3 Å². The van der Waals surface area contributed by atoms with Crippen LogP contribution in [-0.2, 0) is 11.2 Å². The Balaban J connectivity index is 1.88. The van der Waals surface area contributed by atoms with E-state index in [9.17, 15) is 0 Å². The quantitative estimate of drug-likeness (QED) is 0.791. The number of aliphatic hydroxyl groups is 1. The number of ether oxygens (including phenoxy) is 1. The number of rotatable bonds is 3. The normalized spacial score (nSPS) is 26.6. The summed E-state index contributed by atoms with van der Waals surface area (Å²) in [7, 11) is 0. The largest absolute Gasteiger partial charge is 0.394 e. The van der Waals surface area contributed by atoms with Crippen LogP contribution in [0.25, 0.3) is 0 Å². The highest BCUT2D eigenvalue weighted by atomic mass is 16.5. The lowest BCUT2D eigenvalue weighted by Gasteiger charge is -2.11. The van der Waals surface area contributed by atoms with Crippen LogP contribution in [0.1, 0.15) is 18.4 Å². The Morgan fingerprint density at radius 2 is 1.86 bits per heavy atom. The second-order valence-corrected chi connectivity index (χ2v) is 3.83. The third-order valence-corrected chi connectivity index (χ3v) is 2.71. The molecule has 0 saturated carbocycles. The SMILES string of the molecule is OC[C@H]1CC[C@H](Cc2ccccc2)O1. The summed E-state index contributed by atoms with van der Waals surface area (Å²) in [6.45, 7) is 0.158. The summed E-state index contributed by atoms with van der Waals surface area (Å²) in [5.74, 6) is 0. The highest BCUT2D eigenvalue weighted by Gasteiger charge is 2.24. The van der Waals surface area contributed by atoms with E-state index in [4.69, 9.17) is 9.84 Å². The second-order valence-electron chi connectivity index (χ2n) is 3.83. The predicted octanol–water partition coefficient (Wildman–Crippen LogP) is 1.77. The van der Waals surface area contributed by atoms with Crippen molar-refractivity contribution in [2.24, 2.45) is 0 Å². The molecule has 0 aromatic heterocycles. The van der Waals surface area contributed by atoms with Gasteiger partial charge in [0.15, 0.2) is 0 Å². The van der Waals surface area contributed by atoms with Gasteiger partial charge in [-0.2, -0.15) is 0 Å². The molecule has 1 aromatic carbocycles. The first kappa shape index (κ1) is 9.69. The van der Waals surface area contributed by atoms with Crippen LogP contribution in [0.3, 0.4) is 0 Å². The Labute approximate surface area is 84.5 Å². The third kappa shape index (κ3) is 2.34. The van der Waals surface area contributed by atoms with Crippen LogP contribution in [0, 0.1) is 0 Å². The Morgan fingerprint density at radius 1 is 1.14 bits per heavy atom. The molecule has 1 aliphatic heterocycles. The van der Waals surface area contributed by atoms with Crippen molar-refractivity contribution in [3.05, 3.63) is 35.9 Å². The van der Waals surface area contributed by atoms with Crippen LogP contribution in [0.2, 0.25) is 0 Å². The first-order chi connectivity index (χ1) is 6.88. The smallest absolute Gasteiger partial charge is 0.0810 e. The topological polar surface area (TPSA) is 29.5 Å². The lowest BCUT2D eigenvalue weighted by Crippen LogP contribution is -2.16. The van der Waals surface area contributed by atoms with E-state index in [1.807, 2.05) is 18.2 Å². The maximum absolute atomic E-state index is 8.92. The highest BCUT2D eigenvalue weighted by molar-refractivity contribution is 5.15. The fraction of sp³-hybridized carbons (Fsp3) is 0.500. The molecule has 2 nitrogen and oxygen atoms in total. The molecule has 0 radical (unpaired) electrons. The average Bonchev–Trinajstić information content (AvgIpc) is 2.67. The number of hydrogen-bond acceptors (Lipinski definition) is 2. The predicted molar refractivity (Wildman–Crippen MR) is 55.1 cm³/mol. The van der Waals surface area contributed by atoms with Crippen molar-refractivity contribution >= 4 is 0 Å². The van der Waals surface area contributed by atoms with E-state index >= 15 is 0 Å². The minimum absolute atomic E-state index is 0.0729. The van der Waals surface area contributed by atoms with Crippen molar-refractivity contribution in [3.63, 3.8) is 0 Å². The van der Waals surface area contributed by atoms with Gasteiger partial charge in [0.05, 0.1) is 18.8 Å². The van der Waals surface area contributed by atoms with Gasteiger partial charge in [0, 0.05) is 0 Å². The van der Waals surface area contributed by atoms with Crippen molar-refractivity contribution < 1.29 is 9.84 Å². The Bertz CT molecular complexity index is 271. The molecule has 0 aliphatic carbocycles. The Kier molecular flexibility index (Phi) is 3.17. The Hall–Kier alpha value is -0.860. The minimum Gasteiger partial charge on any atom is -0.394 e. The molecule has 1 aromatic rings. The minimum atomic E-state index is 0.0729. The van der Waals surface area contributed by atoms with Crippen LogP contribution >= 0.6 is 0 Å². The van der Waals surface area contributed by atoms with Crippen LogP contribution in [0.4, 0.5) is 0 Å². The molecular formula is C12H16O2. The van der Waals surface area contributed by atoms with Gasteiger partial charge >= 0.3 is 0 Å². The number of aliphatic hydroxyl groups excluding tert-OH is 1. The molecule has 0 unspecified atom stereocenters. The van der Waals surface area contributed by atoms with Crippen molar-refractivity contribution in [1.29, 1.82) is 0 Å². The van der Waals surface area contributed by atoms with Crippen LogP contribution in [-0.4, -0.2) is 23.9 Å². The van der Waals surface area contributed by atoms with Crippen LogP contribution < -0.4 is 0 Å². The van der Waals surface area contributed by atoms with Crippen LogP contribution in [0.5, 0.6) is 0 Å². The van der Waals surface area contributed by atoms with E-state index in [0.29, 0.717) is 6.10 Å². The lowest BCUT2D eigenvalue weighted by atomic mass is 10.1. The fourth-order valence-corrected chi connectivity index (χ4v) is 1.94. The molecule has 0 spiro atoms. The Morgan fingerprint density at radius 3 is 2.50 bits per heavy atom. The number of hydrogen-bond donors (Lipinski definition) is 1. The van der Waals surface area contributed by atoms with Gasteiger partial charge in [-0.25, -0.2) is 0 Å². The summed E-state index contributed by atoms with van der Waals surface area (Å²) in [4.78, 5) is 0. The average molecular weight is 192 g/mol. The first-order valence-corrected chi connectivity index (χ1v) is 5.18. The first-order valence-electron chi connectivity index (χ1n) is 5.18. The molecule has 2 atom stereocenters. The molecule has 0 amide bonds. The van der Waals surface area contributed by atoms with Gasteiger partial charge in [-0.3, -0.25) is 0 Å². The van der Waals surface area contributed by atoms with Crippen molar-refractivity contribution in [2.45, 2.75) is 31.5 Å². The van der Waals surface area contributed by atoms with Gasteiger partial charge in [-0.1, -0.05) is 30.3 Å². The zero-order valence-corrected chi connectivity index (χ0v) is 8.23. The molecular weight excluding hydrogens is 176 g/mol. The summed E-state index contributed by atoms with van der Waals surface area (Å²) in [5.41, 5.74) is 1.32. The van der Waals surface area contributed by atoms with E-state index in [-0.39, 0.29) is 12.7 Å². The maximum Gasteiger partial charge on any atom is 0.0810 e. The molecule has 1 aliphatic rings. The zero-order valence-electron chi connectivity index (χ0n) is 8.23. The second kappa shape index (κ2) is 4.58. The van der Waals surface area contributed by atoms with Gasteiger partial charge < -0.3 is 9.84 Å². The number of benzene rings is 1. The molecule has 1 fully saturated rings. The van der Waals surface area contributed by atoms with Crippen molar-refractivity contribution in [3.8, 4) is 0 Å². The van der Waals surface area contributed by atoms with E-state index in [2.05, 4.69) is 12.1 Å². The molecule has 76 valence electrons. The van der Waals surface area contributed by atoms with E-state index in [1.54, 1.807) is 0 Å². The summed E-state index contributed by atoms with van der Waals surface area (Å²) in [6.07, 6.45) is 3.41. The summed E-state index contributed by atoms with van der Waals surface area (Å²) < 4.78 is 5.66. The maximum atomic E-state index is 8.92. The molecule has 1 N–H and O–H groups in total. The van der Waals surface area contributed by atoms with E-state index < -0.39 is 0 Å². The van der Waals surface area contributed by atoms with Crippen molar-refractivity contribution in [1.82, 2.24) is 0 Å². The van der Waals surface area contributed by atoms with Crippen molar-refractivity contribution in [2.75, 3.05) is 6.61 Å².